The van der Waals surface area contributed by atoms with Crippen molar-refractivity contribution < 1.29 is 8.42 Å². The Balaban J connectivity index is 1.80. The summed E-state index contributed by atoms with van der Waals surface area (Å²) in [5.74, 6) is -0.0162. The zero-order valence-electron chi connectivity index (χ0n) is 19.2. The molecule has 2 aromatic carbocycles. The maximum absolute atomic E-state index is 13.4. The van der Waals surface area contributed by atoms with Gasteiger partial charge in [0.2, 0.25) is 0 Å². The SMILES string of the molecule is Cc1ccc(S(=O)(=O)C(c2ccc(N3CCN(C(C)(C)C)CC3)cc2)C(C)C)cc1. The third kappa shape index (κ3) is 4.89. The lowest BCUT2D eigenvalue weighted by atomic mass is 10.0. The highest BCUT2D eigenvalue weighted by Crippen LogP contribution is 2.36. The molecule has 0 bridgehead atoms. The van der Waals surface area contributed by atoms with E-state index in [1.54, 1.807) is 12.1 Å². The van der Waals surface area contributed by atoms with Crippen molar-refractivity contribution in [3.63, 3.8) is 0 Å². The van der Waals surface area contributed by atoms with Gasteiger partial charge in [-0.25, -0.2) is 8.42 Å². The van der Waals surface area contributed by atoms with Crippen molar-refractivity contribution >= 4 is 15.5 Å². The minimum absolute atomic E-state index is 0.0162. The molecule has 5 heteroatoms. The van der Waals surface area contributed by atoms with E-state index < -0.39 is 15.1 Å². The predicted molar refractivity (Wildman–Crippen MR) is 126 cm³/mol. The van der Waals surface area contributed by atoms with Crippen LogP contribution in [0.2, 0.25) is 0 Å². The van der Waals surface area contributed by atoms with Gasteiger partial charge in [0.15, 0.2) is 9.84 Å². The van der Waals surface area contributed by atoms with Crippen LogP contribution in [0.25, 0.3) is 0 Å². The number of hydrogen-bond acceptors (Lipinski definition) is 4. The minimum atomic E-state index is -3.45. The van der Waals surface area contributed by atoms with E-state index in [0.29, 0.717) is 4.90 Å². The second-order valence-corrected chi connectivity index (χ2v) is 11.8. The number of nitrogens with zero attached hydrogens (tertiary/aromatic N) is 2. The van der Waals surface area contributed by atoms with E-state index in [1.165, 1.54) is 5.69 Å². The molecule has 4 nitrogen and oxygen atoms in total. The molecule has 164 valence electrons. The van der Waals surface area contributed by atoms with Gasteiger partial charge in [0, 0.05) is 37.4 Å². The highest BCUT2D eigenvalue weighted by molar-refractivity contribution is 7.91. The lowest BCUT2D eigenvalue weighted by molar-refractivity contribution is 0.128. The molecule has 1 fully saturated rings. The number of piperazine rings is 1. The van der Waals surface area contributed by atoms with Crippen molar-refractivity contribution in [1.29, 1.82) is 0 Å². The second-order valence-electron chi connectivity index (χ2n) is 9.76. The van der Waals surface area contributed by atoms with Gasteiger partial charge in [-0.15, -0.1) is 0 Å². The summed E-state index contributed by atoms with van der Waals surface area (Å²) in [6.45, 7) is 16.8. The predicted octanol–water partition coefficient (Wildman–Crippen LogP) is 5.09. The number of aryl methyl sites for hydroxylation is 1. The fraction of sp³-hybridized carbons (Fsp3) is 0.520. The van der Waals surface area contributed by atoms with Crippen LogP contribution in [0, 0.1) is 12.8 Å². The molecule has 0 radical (unpaired) electrons. The first-order chi connectivity index (χ1) is 14.0. The van der Waals surface area contributed by atoms with Gasteiger partial charge >= 0.3 is 0 Å². The van der Waals surface area contributed by atoms with E-state index in [0.717, 1.165) is 37.3 Å². The van der Waals surface area contributed by atoms with Crippen molar-refractivity contribution in [3.05, 3.63) is 59.7 Å². The highest BCUT2D eigenvalue weighted by atomic mass is 32.2. The Kier molecular flexibility index (Phi) is 6.63. The van der Waals surface area contributed by atoms with Crippen LogP contribution >= 0.6 is 0 Å². The van der Waals surface area contributed by atoms with Crippen LogP contribution in [0.4, 0.5) is 5.69 Å². The Bertz CT molecular complexity index is 934. The maximum Gasteiger partial charge on any atom is 0.185 e. The fourth-order valence-corrected chi connectivity index (χ4v) is 6.35. The van der Waals surface area contributed by atoms with Crippen LogP contribution in [0.1, 0.15) is 51.0 Å². The van der Waals surface area contributed by atoms with Crippen LogP contribution in [-0.4, -0.2) is 45.0 Å². The summed E-state index contributed by atoms with van der Waals surface area (Å²) in [4.78, 5) is 5.31. The normalized spacial score (nSPS) is 17.4. The molecule has 1 aliphatic heterocycles. The van der Waals surface area contributed by atoms with Gasteiger partial charge in [-0.2, -0.15) is 0 Å². The van der Waals surface area contributed by atoms with Crippen molar-refractivity contribution in [2.45, 2.75) is 57.2 Å². The standard InChI is InChI=1S/C25H36N2O2S/c1-19(2)24(30(28,29)23-13-7-20(3)8-14-23)21-9-11-22(12-10-21)26-15-17-27(18-16-26)25(4,5)6/h7-14,19,24H,15-18H2,1-6H3. The van der Waals surface area contributed by atoms with Crippen molar-refractivity contribution in [3.8, 4) is 0 Å². The van der Waals surface area contributed by atoms with E-state index in [2.05, 4.69) is 42.7 Å². The molecule has 0 aromatic heterocycles. The fourth-order valence-electron chi connectivity index (χ4n) is 4.31. The Hall–Kier alpha value is -1.85. The zero-order chi connectivity index (χ0) is 22.1. The van der Waals surface area contributed by atoms with Gasteiger partial charge in [0.05, 0.1) is 10.1 Å². The van der Waals surface area contributed by atoms with Gasteiger partial charge in [0.1, 0.15) is 0 Å². The monoisotopic (exact) mass is 428 g/mol. The Labute approximate surface area is 182 Å². The molecule has 1 unspecified atom stereocenters. The molecule has 2 aromatic rings. The molecule has 1 atom stereocenters. The minimum Gasteiger partial charge on any atom is -0.369 e. The number of sulfone groups is 1. The topological polar surface area (TPSA) is 40.6 Å². The quantitative estimate of drug-likeness (QED) is 0.665. The molecule has 0 spiro atoms. The first-order valence-corrected chi connectivity index (χ1v) is 12.5. The van der Waals surface area contributed by atoms with Crippen molar-refractivity contribution in [2.24, 2.45) is 5.92 Å². The van der Waals surface area contributed by atoms with Gasteiger partial charge in [-0.3, -0.25) is 4.90 Å². The maximum atomic E-state index is 13.4. The summed E-state index contributed by atoms with van der Waals surface area (Å²) in [5.41, 5.74) is 3.29. The molecule has 30 heavy (non-hydrogen) atoms. The Morgan fingerprint density at radius 1 is 0.833 bits per heavy atom. The highest BCUT2D eigenvalue weighted by Gasteiger charge is 2.32. The Morgan fingerprint density at radius 3 is 1.83 bits per heavy atom. The van der Waals surface area contributed by atoms with E-state index in [4.69, 9.17) is 0 Å². The van der Waals surface area contributed by atoms with Crippen LogP contribution in [0.15, 0.2) is 53.4 Å². The average molecular weight is 429 g/mol. The Morgan fingerprint density at radius 2 is 1.37 bits per heavy atom. The van der Waals surface area contributed by atoms with E-state index >= 15 is 0 Å². The van der Waals surface area contributed by atoms with Gasteiger partial charge < -0.3 is 4.90 Å². The first kappa shape index (κ1) is 22.8. The molecular weight excluding hydrogens is 392 g/mol. The lowest BCUT2D eigenvalue weighted by Gasteiger charge is -2.43. The summed E-state index contributed by atoms with van der Waals surface area (Å²) in [7, 11) is -3.45. The van der Waals surface area contributed by atoms with Gasteiger partial charge in [-0.1, -0.05) is 43.7 Å². The molecule has 1 heterocycles. The van der Waals surface area contributed by atoms with Gasteiger partial charge in [-0.05, 0) is 63.4 Å². The summed E-state index contributed by atoms with van der Waals surface area (Å²) < 4.78 is 26.8. The molecule has 0 N–H and O–H groups in total. The molecule has 0 saturated carbocycles. The smallest absolute Gasteiger partial charge is 0.185 e. The molecular formula is C25H36N2O2S. The molecule has 0 aliphatic carbocycles. The number of rotatable bonds is 5. The molecule has 3 rings (SSSR count). The summed E-state index contributed by atoms with van der Waals surface area (Å²) in [6.07, 6.45) is 0. The number of anilines is 1. The van der Waals surface area contributed by atoms with Crippen LogP contribution < -0.4 is 4.90 Å². The average Bonchev–Trinajstić information content (AvgIpc) is 2.68. The first-order valence-electron chi connectivity index (χ1n) is 10.9. The van der Waals surface area contributed by atoms with Crippen LogP contribution in [-0.2, 0) is 9.84 Å². The van der Waals surface area contributed by atoms with E-state index in [-0.39, 0.29) is 11.5 Å². The summed E-state index contributed by atoms with van der Waals surface area (Å²) >= 11 is 0. The molecule has 1 saturated heterocycles. The third-order valence-electron chi connectivity index (χ3n) is 6.10. The lowest BCUT2D eigenvalue weighted by Crippen LogP contribution is -2.53. The number of benzene rings is 2. The largest absolute Gasteiger partial charge is 0.369 e. The van der Waals surface area contributed by atoms with Crippen LogP contribution in [0.3, 0.4) is 0 Å². The van der Waals surface area contributed by atoms with Crippen LogP contribution in [0.5, 0.6) is 0 Å². The molecule has 0 amide bonds. The second kappa shape index (κ2) is 8.72. The summed E-state index contributed by atoms with van der Waals surface area (Å²) in [6, 6.07) is 15.4. The van der Waals surface area contributed by atoms with Gasteiger partial charge in [0.25, 0.3) is 0 Å². The van der Waals surface area contributed by atoms with Crippen molar-refractivity contribution in [2.75, 3.05) is 31.1 Å². The molecule has 1 aliphatic rings. The zero-order valence-corrected chi connectivity index (χ0v) is 20.0. The van der Waals surface area contributed by atoms with Crippen molar-refractivity contribution in [1.82, 2.24) is 4.90 Å². The van der Waals surface area contributed by atoms with E-state index in [9.17, 15) is 8.42 Å². The van der Waals surface area contributed by atoms with E-state index in [1.807, 2.05) is 45.0 Å². The number of hydrogen-bond donors (Lipinski definition) is 0. The summed E-state index contributed by atoms with van der Waals surface area (Å²) in [5, 5.41) is -0.549. The third-order valence-corrected chi connectivity index (χ3v) is 8.52.